The second-order valence-electron chi connectivity index (χ2n) is 3.46. The van der Waals surface area contributed by atoms with Gasteiger partial charge in [-0.15, -0.1) is 5.23 Å². The molecule has 0 spiro atoms. The Kier molecular flexibility index (Phi) is 5.17. The SMILES string of the molecule is CC.Nc1ccc(-c2ccc(N(O)O)cc2)cc1.[HH]. The summed E-state index contributed by atoms with van der Waals surface area (Å²) >= 11 is 0. The van der Waals surface area contributed by atoms with Gasteiger partial charge in [0.1, 0.15) is 0 Å². The number of nitrogens with two attached hydrogens (primary N) is 1. The molecule has 0 aliphatic carbocycles. The first kappa shape index (κ1) is 14.0. The van der Waals surface area contributed by atoms with Crippen LogP contribution in [0.15, 0.2) is 48.5 Å². The summed E-state index contributed by atoms with van der Waals surface area (Å²) in [7, 11) is 0. The van der Waals surface area contributed by atoms with Gasteiger partial charge < -0.3 is 5.73 Å². The highest BCUT2D eigenvalue weighted by molar-refractivity contribution is 5.67. The van der Waals surface area contributed by atoms with Crippen LogP contribution in [0.25, 0.3) is 11.1 Å². The van der Waals surface area contributed by atoms with Crippen molar-refractivity contribution in [2.75, 3.05) is 11.0 Å². The molecule has 2 rings (SSSR count). The van der Waals surface area contributed by atoms with Gasteiger partial charge in [-0.2, -0.15) is 0 Å². The van der Waals surface area contributed by atoms with E-state index >= 15 is 0 Å². The van der Waals surface area contributed by atoms with Crippen LogP contribution in [0.4, 0.5) is 11.4 Å². The van der Waals surface area contributed by atoms with E-state index in [0.717, 1.165) is 16.8 Å². The van der Waals surface area contributed by atoms with Gasteiger partial charge in [0, 0.05) is 7.11 Å². The molecule has 0 amide bonds. The lowest BCUT2D eigenvalue weighted by Crippen LogP contribution is -2.10. The number of anilines is 2. The summed E-state index contributed by atoms with van der Waals surface area (Å²) in [6, 6.07) is 14.3. The maximum Gasteiger partial charge on any atom is 0.0943 e. The highest BCUT2D eigenvalue weighted by atomic mass is 16.8. The van der Waals surface area contributed by atoms with Crippen molar-refractivity contribution in [3.63, 3.8) is 0 Å². The van der Waals surface area contributed by atoms with Crippen LogP contribution in [-0.2, 0) is 0 Å². The van der Waals surface area contributed by atoms with E-state index in [2.05, 4.69) is 0 Å². The van der Waals surface area contributed by atoms with Gasteiger partial charge in [-0.1, -0.05) is 38.1 Å². The Morgan fingerprint density at radius 1 is 0.833 bits per heavy atom. The zero-order valence-electron chi connectivity index (χ0n) is 10.5. The van der Waals surface area contributed by atoms with Crippen LogP contribution in [0.3, 0.4) is 0 Å². The van der Waals surface area contributed by atoms with Gasteiger partial charge in [-0.3, -0.25) is 10.4 Å². The number of nitrogen functional groups attached to an aromatic ring is 1. The molecule has 0 radical (unpaired) electrons. The molecule has 98 valence electrons. The lowest BCUT2D eigenvalue weighted by molar-refractivity contribution is 0.0292. The van der Waals surface area contributed by atoms with E-state index in [9.17, 15) is 0 Å². The van der Waals surface area contributed by atoms with E-state index in [1.165, 1.54) is 0 Å². The third kappa shape index (κ3) is 3.48. The fraction of sp³-hybridized carbons (Fsp3) is 0.143. The minimum absolute atomic E-state index is 0. The summed E-state index contributed by atoms with van der Waals surface area (Å²) < 4.78 is 0. The quantitative estimate of drug-likeness (QED) is 0.558. The lowest BCUT2D eigenvalue weighted by Gasteiger charge is -2.08. The van der Waals surface area contributed by atoms with Crippen molar-refractivity contribution in [1.29, 1.82) is 0 Å². The number of hydrogen-bond acceptors (Lipinski definition) is 4. The van der Waals surface area contributed by atoms with Crippen LogP contribution in [0.1, 0.15) is 15.3 Å². The molecular formula is C14H20N2O2. The summed E-state index contributed by atoms with van der Waals surface area (Å²) in [5.41, 5.74) is 8.66. The maximum absolute atomic E-state index is 8.79. The minimum atomic E-state index is 0. The summed E-state index contributed by atoms with van der Waals surface area (Å²) in [6.45, 7) is 4.00. The highest BCUT2D eigenvalue weighted by Gasteiger charge is 2.00. The Balaban J connectivity index is 0.00000103. The molecule has 0 heterocycles. The lowest BCUT2D eigenvalue weighted by atomic mass is 10.1. The van der Waals surface area contributed by atoms with E-state index in [0.29, 0.717) is 5.69 Å². The fourth-order valence-electron chi connectivity index (χ4n) is 1.46. The van der Waals surface area contributed by atoms with Gasteiger partial charge in [-0.25, -0.2) is 0 Å². The highest BCUT2D eigenvalue weighted by Crippen LogP contribution is 2.22. The Morgan fingerprint density at radius 2 is 1.22 bits per heavy atom. The van der Waals surface area contributed by atoms with E-state index in [1.807, 2.05) is 38.1 Å². The van der Waals surface area contributed by atoms with Gasteiger partial charge in [0.2, 0.25) is 0 Å². The topological polar surface area (TPSA) is 69.7 Å². The molecule has 0 unspecified atom stereocenters. The predicted molar refractivity (Wildman–Crippen MR) is 75.8 cm³/mol. The van der Waals surface area contributed by atoms with Crippen LogP contribution in [0, 0.1) is 0 Å². The predicted octanol–water partition coefficient (Wildman–Crippen LogP) is 3.79. The van der Waals surface area contributed by atoms with Crippen LogP contribution in [0.2, 0.25) is 0 Å². The van der Waals surface area contributed by atoms with Crippen LogP contribution in [-0.4, -0.2) is 10.4 Å². The summed E-state index contributed by atoms with van der Waals surface area (Å²) in [5, 5.41) is 17.7. The van der Waals surface area contributed by atoms with Gasteiger partial charge in [0.15, 0.2) is 0 Å². The monoisotopic (exact) mass is 248 g/mol. The maximum atomic E-state index is 8.79. The van der Waals surface area contributed by atoms with Gasteiger partial charge in [0.05, 0.1) is 5.69 Å². The van der Waals surface area contributed by atoms with Crippen molar-refractivity contribution in [1.82, 2.24) is 0 Å². The van der Waals surface area contributed by atoms with Gasteiger partial charge >= 0.3 is 0 Å². The van der Waals surface area contributed by atoms with Crippen LogP contribution >= 0.6 is 0 Å². The number of rotatable bonds is 2. The molecule has 0 saturated heterocycles. The van der Waals surface area contributed by atoms with Crippen LogP contribution < -0.4 is 11.0 Å². The van der Waals surface area contributed by atoms with E-state index in [4.69, 9.17) is 16.1 Å². The first-order chi connectivity index (χ1) is 8.66. The van der Waals surface area contributed by atoms with Crippen molar-refractivity contribution >= 4 is 11.4 Å². The molecule has 0 aromatic heterocycles. The van der Waals surface area contributed by atoms with Gasteiger partial charge in [0.25, 0.3) is 0 Å². The molecule has 4 nitrogen and oxygen atoms in total. The molecule has 0 saturated carbocycles. The van der Waals surface area contributed by atoms with Crippen molar-refractivity contribution in [2.45, 2.75) is 13.8 Å². The Morgan fingerprint density at radius 3 is 1.61 bits per heavy atom. The first-order valence-electron chi connectivity index (χ1n) is 5.81. The second-order valence-corrected chi connectivity index (χ2v) is 3.46. The average Bonchev–Trinajstić information content (AvgIpc) is 2.42. The van der Waals surface area contributed by atoms with Crippen LogP contribution in [0.5, 0.6) is 0 Å². The standard InChI is InChI=1S/C12H12N2O2.C2H6.H2/c13-11-5-1-9(2-6-11)10-3-7-12(8-4-10)14(15)16;1-2;/h1-8,15-16H,13H2;1-2H3;1H. The zero-order valence-corrected chi connectivity index (χ0v) is 10.5. The number of hydrogen-bond donors (Lipinski definition) is 3. The minimum Gasteiger partial charge on any atom is -0.399 e. The van der Waals surface area contributed by atoms with Gasteiger partial charge in [-0.05, 0) is 35.4 Å². The van der Waals surface area contributed by atoms with Crippen molar-refractivity contribution in [3.05, 3.63) is 48.5 Å². The Labute approximate surface area is 108 Å². The molecule has 4 N–H and O–H groups in total. The largest absolute Gasteiger partial charge is 0.399 e. The molecular weight excluding hydrogens is 228 g/mol. The molecule has 4 heteroatoms. The molecule has 0 fully saturated rings. The van der Waals surface area contributed by atoms with Crippen molar-refractivity contribution in [3.8, 4) is 11.1 Å². The Bertz CT molecular complexity index is 470. The molecule has 2 aromatic rings. The third-order valence-electron chi connectivity index (χ3n) is 2.34. The molecule has 0 atom stereocenters. The first-order valence-corrected chi connectivity index (χ1v) is 5.81. The van der Waals surface area contributed by atoms with Crippen molar-refractivity contribution < 1.29 is 11.8 Å². The number of nitrogens with zero attached hydrogens (tertiary/aromatic N) is 1. The fourth-order valence-corrected chi connectivity index (χ4v) is 1.46. The molecule has 0 aliphatic rings. The third-order valence-corrected chi connectivity index (χ3v) is 2.34. The summed E-state index contributed by atoms with van der Waals surface area (Å²) in [4.78, 5) is 0. The van der Waals surface area contributed by atoms with E-state index in [1.54, 1.807) is 24.3 Å². The normalized spacial score (nSPS) is 9.33. The van der Waals surface area contributed by atoms with E-state index in [-0.39, 0.29) is 6.65 Å². The number of benzene rings is 2. The second kappa shape index (κ2) is 6.64. The molecule has 2 aromatic carbocycles. The molecule has 18 heavy (non-hydrogen) atoms. The van der Waals surface area contributed by atoms with E-state index < -0.39 is 0 Å². The zero-order chi connectivity index (χ0) is 13.5. The van der Waals surface area contributed by atoms with Crippen molar-refractivity contribution in [2.24, 2.45) is 0 Å². The molecule has 0 aliphatic heterocycles. The summed E-state index contributed by atoms with van der Waals surface area (Å²) in [5.74, 6) is 0. The average molecular weight is 248 g/mol. The molecule has 0 bridgehead atoms. The Hall–Kier alpha value is -2.04. The summed E-state index contributed by atoms with van der Waals surface area (Å²) in [6.07, 6.45) is 0. The smallest absolute Gasteiger partial charge is 0.0943 e.